The van der Waals surface area contributed by atoms with Gasteiger partial charge in [-0.3, -0.25) is 4.79 Å². The number of benzene rings is 1. The molecule has 1 aliphatic heterocycles. The number of nitrogens with zero attached hydrogens (tertiary/aromatic N) is 1. The molecule has 1 fully saturated rings. The minimum Gasteiger partial charge on any atom is -0.482 e. The Morgan fingerprint density at radius 3 is 2.57 bits per heavy atom. The summed E-state index contributed by atoms with van der Waals surface area (Å²) in [4.78, 5) is 14.0. The zero-order chi connectivity index (χ0) is 15.2. The Labute approximate surface area is 131 Å². The second kappa shape index (κ2) is 7.66. The summed E-state index contributed by atoms with van der Waals surface area (Å²) in [5.41, 5.74) is 6.76. The summed E-state index contributed by atoms with van der Waals surface area (Å²) in [6.45, 7) is 3.60. The molecule has 1 heterocycles. The van der Waals surface area contributed by atoms with Gasteiger partial charge in [0.05, 0.1) is 5.02 Å². The Bertz CT molecular complexity index is 483. The van der Waals surface area contributed by atoms with E-state index in [1.54, 1.807) is 12.1 Å². The molecule has 2 rings (SSSR count). The standard InChI is InChI=1S/C16H23ClN2O2/c1-12(18)13-6-7-15(14(17)10-13)21-11-16(20)19-8-4-2-3-5-9-19/h6-7,10,12H,2-5,8-9,11,18H2,1H3. The van der Waals surface area contributed by atoms with Crippen molar-refractivity contribution in [2.24, 2.45) is 5.73 Å². The number of hydrogen-bond acceptors (Lipinski definition) is 3. The van der Waals surface area contributed by atoms with Crippen molar-refractivity contribution in [2.75, 3.05) is 19.7 Å². The normalized spacial score (nSPS) is 17.2. The molecule has 0 aromatic heterocycles. The van der Waals surface area contributed by atoms with Crippen molar-refractivity contribution >= 4 is 17.5 Å². The van der Waals surface area contributed by atoms with Gasteiger partial charge in [0, 0.05) is 19.1 Å². The molecule has 1 aromatic carbocycles. The predicted molar refractivity (Wildman–Crippen MR) is 84.6 cm³/mol. The highest BCUT2D eigenvalue weighted by molar-refractivity contribution is 6.32. The maximum Gasteiger partial charge on any atom is 0.260 e. The van der Waals surface area contributed by atoms with Gasteiger partial charge in [0.25, 0.3) is 5.91 Å². The third kappa shape index (κ3) is 4.61. The van der Waals surface area contributed by atoms with Gasteiger partial charge in [-0.1, -0.05) is 30.5 Å². The van der Waals surface area contributed by atoms with E-state index in [2.05, 4.69) is 0 Å². The molecule has 116 valence electrons. The van der Waals surface area contributed by atoms with Crippen LogP contribution in [0, 0.1) is 0 Å². The minimum absolute atomic E-state index is 0.0317. The van der Waals surface area contributed by atoms with Gasteiger partial charge < -0.3 is 15.4 Å². The molecule has 0 bridgehead atoms. The van der Waals surface area contributed by atoms with Crippen LogP contribution in [0.15, 0.2) is 18.2 Å². The van der Waals surface area contributed by atoms with Crippen LogP contribution in [0.4, 0.5) is 0 Å². The Hall–Kier alpha value is -1.26. The number of rotatable bonds is 4. The molecule has 0 saturated carbocycles. The molecular formula is C16H23ClN2O2. The summed E-state index contributed by atoms with van der Waals surface area (Å²) < 4.78 is 5.56. The van der Waals surface area contributed by atoms with Gasteiger partial charge in [0.2, 0.25) is 0 Å². The number of amides is 1. The average Bonchev–Trinajstić information content (AvgIpc) is 2.74. The molecular weight excluding hydrogens is 288 g/mol. The maximum atomic E-state index is 12.1. The summed E-state index contributed by atoms with van der Waals surface area (Å²) in [6.07, 6.45) is 4.57. The van der Waals surface area contributed by atoms with Crippen molar-refractivity contribution in [3.63, 3.8) is 0 Å². The first-order valence-electron chi connectivity index (χ1n) is 7.53. The summed E-state index contributed by atoms with van der Waals surface area (Å²) >= 11 is 6.16. The number of carbonyl (C=O) groups is 1. The minimum atomic E-state index is -0.0738. The second-order valence-corrected chi connectivity index (χ2v) is 5.97. The average molecular weight is 311 g/mol. The van der Waals surface area contributed by atoms with Crippen LogP contribution >= 0.6 is 11.6 Å². The lowest BCUT2D eigenvalue weighted by Gasteiger charge is -2.20. The fourth-order valence-electron chi connectivity index (χ4n) is 2.47. The number of likely N-dealkylation sites (tertiary alicyclic amines) is 1. The van der Waals surface area contributed by atoms with Crippen LogP contribution in [-0.4, -0.2) is 30.5 Å². The third-order valence-electron chi connectivity index (χ3n) is 3.79. The van der Waals surface area contributed by atoms with Gasteiger partial charge in [0.1, 0.15) is 5.75 Å². The predicted octanol–water partition coefficient (Wildman–Crippen LogP) is 3.14. The lowest BCUT2D eigenvalue weighted by atomic mass is 10.1. The highest BCUT2D eigenvalue weighted by Gasteiger charge is 2.16. The van der Waals surface area contributed by atoms with Crippen molar-refractivity contribution in [1.82, 2.24) is 4.90 Å². The zero-order valence-electron chi connectivity index (χ0n) is 12.5. The monoisotopic (exact) mass is 310 g/mol. The van der Waals surface area contributed by atoms with Gasteiger partial charge in [-0.15, -0.1) is 0 Å². The molecule has 21 heavy (non-hydrogen) atoms. The van der Waals surface area contributed by atoms with E-state index in [0.717, 1.165) is 31.5 Å². The van der Waals surface area contributed by atoms with Crippen LogP contribution < -0.4 is 10.5 Å². The van der Waals surface area contributed by atoms with E-state index in [1.807, 2.05) is 17.9 Å². The van der Waals surface area contributed by atoms with Crippen LogP contribution in [0.5, 0.6) is 5.75 Å². The fourth-order valence-corrected chi connectivity index (χ4v) is 2.71. The highest BCUT2D eigenvalue weighted by atomic mass is 35.5. The summed E-state index contributed by atoms with van der Waals surface area (Å²) in [6, 6.07) is 5.37. The van der Waals surface area contributed by atoms with Gasteiger partial charge >= 0.3 is 0 Å². The molecule has 1 aromatic rings. The lowest BCUT2D eigenvalue weighted by Crippen LogP contribution is -2.35. The Morgan fingerprint density at radius 1 is 1.33 bits per heavy atom. The number of ether oxygens (including phenoxy) is 1. The summed E-state index contributed by atoms with van der Waals surface area (Å²) in [7, 11) is 0. The van der Waals surface area contributed by atoms with Gasteiger partial charge in [0.15, 0.2) is 6.61 Å². The van der Waals surface area contributed by atoms with E-state index >= 15 is 0 Å². The molecule has 0 aliphatic carbocycles. The van der Waals surface area contributed by atoms with E-state index in [9.17, 15) is 4.79 Å². The van der Waals surface area contributed by atoms with Crippen LogP contribution in [0.1, 0.15) is 44.2 Å². The van der Waals surface area contributed by atoms with Crippen LogP contribution in [-0.2, 0) is 4.79 Å². The molecule has 5 heteroatoms. The SMILES string of the molecule is CC(N)c1ccc(OCC(=O)N2CCCCCC2)c(Cl)c1. The Morgan fingerprint density at radius 2 is 2.00 bits per heavy atom. The van der Waals surface area contributed by atoms with Gasteiger partial charge in [-0.25, -0.2) is 0 Å². The smallest absolute Gasteiger partial charge is 0.260 e. The van der Waals surface area contributed by atoms with E-state index in [4.69, 9.17) is 22.1 Å². The first-order valence-corrected chi connectivity index (χ1v) is 7.91. The lowest BCUT2D eigenvalue weighted by molar-refractivity contribution is -0.133. The van der Waals surface area contributed by atoms with E-state index in [-0.39, 0.29) is 18.6 Å². The Balaban J connectivity index is 1.91. The van der Waals surface area contributed by atoms with Gasteiger partial charge in [-0.05, 0) is 37.5 Å². The van der Waals surface area contributed by atoms with Gasteiger partial charge in [-0.2, -0.15) is 0 Å². The molecule has 1 atom stereocenters. The fraction of sp³-hybridized carbons (Fsp3) is 0.562. The van der Waals surface area contributed by atoms with Crippen molar-refractivity contribution in [2.45, 2.75) is 38.6 Å². The number of halogens is 1. The Kier molecular flexibility index (Phi) is 5.88. The largest absolute Gasteiger partial charge is 0.482 e. The van der Waals surface area contributed by atoms with Crippen LogP contribution in [0.25, 0.3) is 0 Å². The molecule has 2 N–H and O–H groups in total. The highest BCUT2D eigenvalue weighted by Crippen LogP contribution is 2.27. The number of nitrogens with two attached hydrogens (primary N) is 1. The van der Waals surface area contributed by atoms with Crippen molar-refractivity contribution in [3.05, 3.63) is 28.8 Å². The molecule has 0 spiro atoms. The van der Waals surface area contributed by atoms with E-state index < -0.39 is 0 Å². The molecule has 4 nitrogen and oxygen atoms in total. The molecule has 0 radical (unpaired) electrons. The first-order chi connectivity index (χ1) is 10.1. The van der Waals surface area contributed by atoms with Crippen molar-refractivity contribution < 1.29 is 9.53 Å². The second-order valence-electron chi connectivity index (χ2n) is 5.56. The van der Waals surface area contributed by atoms with Crippen molar-refractivity contribution in [1.29, 1.82) is 0 Å². The van der Waals surface area contributed by atoms with Crippen LogP contribution in [0.2, 0.25) is 5.02 Å². The number of hydrogen-bond donors (Lipinski definition) is 1. The third-order valence-corrected chi connectivity index (χ3v) is 4.09. The molecule has 1 amide bonds. The summed E-state index contributed by atoms with van der Waals surface area (Å²) in [5.74, 6) is 0.563. The zero-order valence-corrected chi connectivity index (χ0v) is 13.2. The molecule has 1 aliphatic rings. The number of carbonyl (C=O) groups excluding carboxylic acids is 1. The first kappa shape index (κ1) is 16.1. The van der Waals surface area contributed by atoms with Crippen LogP contribution in [0.3, 0.4) is 0 Å². The quantitative estimate of drug-likeness (QED) is 0.929. The summed E-state index contributed by atoms with van der Waals surface area (Å²) in [5, 5.41) is 0.494. The topological polar surface area (TPSA) is 55.6 Å². The molecule has 1 unspecified atom stereocenters. The molecule has 1 saturated heterocycles. The maximum absolute atomic E-state index is 12.1. The van der Waals surface area contributed by atoms with E-state index in [0.29, 0.717) is 10.8 Å². The van der Waals surface area contributed by atoms with Crippen molar-refractivity contribution in [3.8, 4) is 5.75 Å². The van der Waals surface area contributed by atoms with E-state index in [1.165, 1.54) is 12.8 Å².